The van der Waals surface area contributed by atoms with Crippen molar-refractivity contribution in [1.29, 1.82) is 0 Å². The molecule has 0 N–H and O–H groups in total. The van der Waals surface area contributed by atoms with Crippen molar-refractivity contribution >= 4 is 11.8 Å². The molecule has 2 saturated heterocycles. The van der Waals surface area contributed by atoms with Crippen LogP contribution in [-0.2, 0) is 4.79 Å². The van der Waals surface area contributed by atoms with Crippen LogP contribution in [0.15, 0.2) is 60.7 Å². The third-order valence-corrected chi connectivity index (χ3v) is 6.64. The van der Waals surface area contributed by atoms with Crippen molar-refractivity contribution in [2.45, 2.75) is 19.3 Å². The third-order valence-electron chi connectivity index (χ3n) is 6.64. The zero-order valence-corrected chi connectivity index (χ0v) is 18.9. The first kappa shape index (κ1) is 22.3. The maximum Gasteiger partial charge on any atom is 0.253 e. The molecular formula is C26H33N3O3. The van der Waals surface area contributed by atoms with E-state index < -0.39 is 0 Å². The van der Waals surface area contributed by atoms with Crippen LogP contribution in [0, 0.1) is 5.41 Å². The van der Waals surface area contributed by atoms with E-state index in [2.05, 4.69) is 11.9 Å². The van der Waals surface area contributed by atoms with E-state index in [1.54, 1.807) is 0 Å². The summed E-state index contributed by atoms with van der Waals surface area (Å²) in [6.45, 7) is 5.00. The van der Waals surface area contributed by atoms with E-state index >= 15 is 0 Å². The number of hydrogen-bond acceptors (Lipinski definition) is 4. The summed E-state index contributed by atoms with van der Waals surface area (Å²) in [7, 11) is 2.09. The van der Waals surface area contributed by atoms with Gasteiger partial charge >= 0.3 is 0 Å². The van der Waals surface area contributed by atoms with Gasteiger partial charge in [0.25, 0.3) is 5.91 Å². The Morgan fingerprint density at radius 3 is 2.22 bits per heavy atom. The molecular weight excluding hydrogens is 402 g/mol. The number of rotatable bonds is 6. The molecule has 2 aliphatic rings. The van der Waals surface area contributed by atoms with Gasteiger partial charge in [-0.2, -0.15) is 0 Å². The first-order chi connectivity index (χ1) is 15.5. The molecule has 170 valence electrons. The first-order valence-electron chi connectivity index (χ1n) is 11.5. The summed E-state index contributed by atoms with van der Waals surface area (Å²) in [5.41, 5.74) is 0.302. The van der Waals surface area contributed by atoms with Gasteiger partial charge in [-0.3, -0.25) is 9.59 Å². The highest BCUT2D eigenvalue weighted by Gasteiger charge is 2.41. The highest BCUT2D eigenvalue weighted by molar-refractivity contribution is 5.94. The van der Waals surface area contributed by atoms with Crippen molar-refractivity contribution in [3.63, 3.8) is 0 Å². The quantitative estimate of drug-likeness (QED) is 0.700. The molecule has 2 aromatic rings. The predicted octanol–water partition coefficient (Wildman–Crippen LogP) is 3.15. The van der Waals surface area contributed by atoms with Crippen LogP contribution >= 0.6 is 0 Å². The minimum atomic E-state index is -0.390. The second-order valence-electron chi connectivity index (χ2n) is 9.16. The fourth-order valence-electron chi connectivity index (χ4n) is 4.70. The maximum atomic E-state index is 13.3. The van der Waals surface area contributed by atoms with Gasteiger partial charge in [-0.15, -0.1) is 0 Å². The Labute approximate surface area is 190 Å². The Kier molecular flexibility index (Phi) is 7.10. The van der Waals surface area contributed by atoms with Crippen LogP contribution in [-0.4, -0.2) is 79.4 Å². The van der Waals surface area contributed by atoms with Gasteiger partial charge in [0, 0.05) is 56.7 Å². The van der Waals surface area contributed by atoms with Gasteiger partial charge < -0.3 is 19.4 Å². The van der Waals surface area contributed by atoms with Gasteiger partial charge in [-0.25, -0.2) is 0 Å². The number of nitrogens with zero attached hydrogens (tertiary/aromatic N) is 3. The molecule has 0 radical (unpaired) electrons. The first-order valence-corrected chi connectivity index (χ1v) is 11.5. The van der Waals surface area contributed by atoms with Gasteiger partial charge in [0.1, 0.15) is 5.75 Å². The van der Waals surface area contributed by atoms with Crippen molar-refractivity contribution in [2.75, 3.05) is 52.9 Å². The molecule has 32 heavy (non-hydrogen) atoms. The lowest BCUT2D eigenvalue weighted by Crippen LogP contribution is -2.53. The highest BCUT2D eigenvalue weighted by Crippen LogP contribution is 2.36. The lowest BCUT2D eigenvalue weighted by Gasteiger charge is -2.43. The zero-order valence-electron chi connectivity index (χ0n) is 18.9. The number of likely N-dealkylation sites (tertiary alicyclic amines) is 1. The summed E-state index contributed by atoms with van der Waals surface area (Å²) >= 11 is 0. The van der Waals surface area contributed by atoms with E-state index in [0.717, 1.165) is 44.8 Å². The summed E-state index contributed by atoms with van der Waals surface area (Å²) in [5.74, 6) is 0.996. The Bertz CT molecular complexity index is 897. The molecule has 1 atom stereocenters. The van der Waals surface area contributed by atoms with Gasteiger partial charge in [0.2, 0.25) is 5.91 Å². The van der Waals surface area contributed by atoms with Crippen LogP contribution in [0.4, 0.5) is 0 Å². The number of ether oxygens (including phenoxy) is 1. The van der Waals surface area contributed by atoms with Crippen molar-refractivity contribution in [1.82, 2.24) is 14.7 Å². The molecule has 0 aliphatic carbocycles. The van der Waals surface area contributed by atoms with E-state index in [1.165, 1.54) is 0 Å². The van der Waals surface area contributed by atoms with Crippen molar-refractivity contribution in [3.05, 3.63) is 66.2 Å². The van der Waals surface area contributed by atoms with Crippen LogP contribution in [0.3, 0.4) is 0 Å². The molecule has 2 heterocycles. The van der Waals surface area contributed by atoms with E-state index in [-0.39, 0.29) is 17.2 Å². The standard InChI is InChI=1S/C26H33N3O3/c1-27-15-17-28(18-16-27)24(30)19-26(21-32-23-11-6-3-7-12-23)13-8-14-29(20-26)25(31)22-9-4-2-5-10-22/h2-7,9-12H,8,13-21H2,1H3/t26-/m0/s1. The van der Waals surface area contributed by atoms with E-state index in [1.807, 2.05) is 70.5 Å². The largest absolute Gasteiger partial charge is 0.493 e. The second-order valence-corrected chi connectivity index (χ2v) is 9.16. The van der Waals surface area contributed by atoms with Gasteiger partial charge in [-0.1, -0.05) is 36.4 Å². The SMILES string of the molecule is CN1CCN(C(=O)C[C@@]2(COc3ccccc3)CCCN(C(=O)c3ccccc3)C2)CC1. The molecule has 2 fully saturated rings. The number of piperazine rings is 1. The van der Waals surface area contributed by atoms with Crippen molar-refractivity contribution in [3.8, 4) is 5.75 Å². The maximum absolute atomic E-state index is 13.3. The Balaban J connectivity index is 1.51. The normalized spacial score (nSPS) is 21.9. The second kappa shape index (κ2) is 10.2. The fraction of sp³-hybridized carbons (Fsp3) is 0.462. The predicted molar refractivity (Wildman–Crippen MR) is 125 cm³/mol. The van der Waals surface area contributed by atoms with Crippen LogP contribution in [0.25, 0.3) is 0 Å². The minimum Gasteiger partial charge on any atom is -0.493 e. The number of carbonyl (C=O) groups excluding carboxylic acids is 2. The van der Waals surface area contributed by atoms with Gasteiger partial charge in [0.15, 0.2) is 0 Å². The summed E-state index contributed by atoms with van der Waals surface area (Å²) in [6, 6.07) is 19.1. The molecule has 6 nitrogen and oxygen atoms in total. The summed E-state index contributed by atoms with van der Waals surface area (Å²) in [4.78, 5) is 32.6. The molecule has 0 aromatic heterocycles. The monoisotopic (exact) mass is 435 g/mol. The van der Waals surface area contributed by atoms with Crippen LogP contribution < -0.4 is 4.74 Å². The van der Waals surface area contributed by atoms with Crippen LogP contribution in [0.1, 0.15) is 29.6 Å². The smallest absolute Gasteiger partial charge is 0.253 e. The Morgan fingerprint density at radius 2 is 1.53 bits per heavy atom. The number of amides is 2. The number of hydrogen-bond donors (Lipinski definition) is 0. The van der Waals surface area contributed by atoms with E-state index in [4.69, 9.17) is 4.74 Å². The van der Waals surface area contributed by atoms with Crippen molar-refractivity contribution in [2.24, 2.45) is 5.41 Å². The molecule has 0 unspecified atom stereocenters. The topological polar surface area (TPSA) is 53.1 Å². The molecule has 6 heteroatoms. The average Bonchev–Trinajstić information content (AvgIpc) is 2.84. The summed E-state index contributed by atoms with van der Waals surface area (Å²) in [6.07, 6.45) is 2.15. The third kappa shape index (κ3) is 5.49. The van der Waals surface area contributed by atoms with Crippen LogP contribution in [0.2, 0.25) is 0 Å². The molecule has 2 aliphatic heterocycles. The van der Waals surface area contributed by atoms with Gasteiger partial charge in [0.05, 0.1) is 6.61 Å². The molecule has 0 saturated carbocycles. The molecule has 4 rings (SSSR count). The molecule has 0 spiro atoms. The molecule has 2 aromatic carbocycles. The van der Waals surface area contributed by atoms with E-state index in [0.29, 0.717) is 31.7 Å². The Morgan fingerprint density at radius 1 is 0.875 bits per heavy atom. The lowest BCUT2D eigenvalue weighted by molar-refractivity contribution is -0.137. The average molecular weight is 436 g/mol. The highest BCUT2D eigenvalue weighted by atomic mass is 16.5. The fourth-order valence-corrected chi connectivity index (χ4v) is 4.70. The van der Waals surface area contributed by atoms with Gasteiger partial charge in [-0.05, 0) is 44.2 Å². The lowest BCUT2D eigenvalue weighted by atomic mass is 9.77. The van der Waals surface area contributed by atoms with Crippen molar-refractivity contribution < 1.29 is 14.3 Å². The summed E-state index contributed by atoms with van der Waals surface area (Å²) in [5, 5.41) is 0. The number of piperidine rings is 1. The number of likely N-dealkylation sites (N-methyl/N-ethyl adjacent to an activating group) is 1. The minimum absolute atomic E-state index is 0.0291. The zero-order chi connectivity index (χ0) is 22.4. The van der Waals surface area contributed by atoms with Crippen LogP contribution in [0.5, 0.6) is 5.75 Å². The molecule has 0 bridgehead atoms. The number of carbonyl (C=O) groups is 2. The number of benzene rings is 2. The molecule has 2 amide bonds. The van der Waals surface area contributed by atoms with E-state index in [9.17, 15) is 9.59 Å². The summed E-state index contributed by atoms with van der Waals surface area (Å²) < 4.78 is 6.17. The Hall–Kier alpha value is -2.86. The number of para-hydroxylation sites is 1.